The number of rotatable bonds is 14. The van der Waals surface area contributed by atoms with Crippen molar-refractivity contribution in [1.29, 1.82) is 0 Å². The van der Waals surface area contributed by atoms with Crippen LogP contribution >= 0.6 is 0 Å². The molecule has 212 valence electrons. The van der Waals surface area contributed by atoms with Crippen LogP contribution in [-0.2, 0) is 19.5 Å². The van der Waals surface area contributed by atoms with Crippen LogP contribution in [0.5, 0.6) is 23.0 Å². The van der Waals surface area contributed by atoms with Crippen LogP contribution in [-0.4, -0.2) is 56.3 Å². The summed E-state index contributed by atoms with van der Waals surface area (Å²) in [5.41, 5.74) is 6.56. The van der Waals surface area contributed by atoms with Crippen molar-refractivity contribution in [1.82, 2.24) is 20.2 Å². The fraction of sp³-hybridized carbons (Fsp3) is 0.355. The monoisotopic (exact) mass is 546 g/mol. The van der Waals surface area contributed by atoms with Crippen molar-refractivity contribution < 1.29 is 18.9 Å². The van der Waals surface area contributed by atoms with E-state index in [4.69, 9.17) is 18.9 Å². The van der Waals surface area contributed by atoms with E-state index in [1.807, 2.05) is 43.3 Å². The maximum absolute atomic E-state index is 13.2. The van der Waals surface area contributed by atoms with Crippen LogP contribution in [0.1, 0.15) is 23.2 Å². The fourth-order valence-electron chi connectivity index (χ4n) is 4.71. The number of aryl methyl sites for hydroxylation is 2. The molecular weight excluding hydrogens is 508 g/mol. The zero-order chi connectivity index (χ0) is 28.5. The van der Waals surface area contributed by atoms with Gasteiger partial charge in [-0.15, -0.1) is 0 Å². The number of fused-ring (bicyclic) bond motifs is 1. The van der Waals surface area contributed by atoms with Gasteiger partial charge in [0.05, 0.1) is 39.5 Å². The average molecular weight is 547 g/mol. The molecule has 0 radical (unpaired) electrons. The van der Waals surface area contributed by atoms with Gasteiger partial charge < -0.3 is 18.9 Å². The molecule has 0 aliphatic rings. The maximum Gasteiger partial charge on any atom is 0.274 e. The highest BCUT2D eigenvalue weighted by Crippen LogP contribution is 2.31. The zero-order valence-electron chi connectivity index (χ0n) is 23.9. The fourth-order valence-corrected chi connectivity index (χ4v) is 4.71. The topological polar surface area (TPSA) is 87.1 Å². The van der Waals surface area contributed by atoms with Gasteiger partial charge in [-0.2, -0.15) is 5.10 Å². The number of nitrogens with zero attached hydrogens (tertiary/aromatic N) is 3. The van der Waals surface area contributed by atoms with Gasteiger partial charge in [0.1, 0.15) is 0 Å². The maximum atomic E-state index is 13.2. The number of hydrogen-bond acceptors (Lipinski definition) is 8. The van der Waals surface area contributed by atoms with Gasteiger partial charge in [-0.25, -0.2) is 9.69 Å². The SMILES string of the molecule is COc1ccc(CCN(Cc2ccccc2)NCCCn2nc(C)c3cc(OC)c(OC)cc3c2=O)cc1OC. The number of aromatic nitrogens is 2. The Morgan fingerprint density at radius 1 is 0.800 bits per heavy atom. The van der Waals surface area contributed by atoms with E-state index in [1.165, 1.54) is 10.2 Å². The summed E-state index contributed by atoms with van der Waals surface area (Å²) in [5.74, 6) is 2.54. The Kier molecular flexibility index (Phi) is 9.99. The quantitative estimate of drug-likeness (QED) is 0.184. The number of methoxy groups -OCH3 is 4. The third kappa shape index (κ3) is 6.91. The van der Waals surface area contributed by atoms with Gasteiger partial charge in [0.15, 0.2) is 23.0 Å². The Morgan fingerprint density at radius 3 is 2.12 bits per heavy atom. The summed E-state index contributed by atoms with van der Waals surface area (Å²) in [6, 6.07) is 19.9. The minimum atomic E-state index is -0.142. The van der Waals surface area contributed by atoms with Crippen LogP contribution in [0.2, 0.25) is 0 Å². The molecule has 0 saturated heterocycles. The molecule has 3 aromatic carbocycles. The molecular formula is C31H38N4O5. The molecule has 0 aliphatic heterocycles. The predicted octanol–water partition coefficient (Wildman–Crippen LogP) is 4.38. The van der Waals surface area contributed by atoms with Crippen molar-refractivity contribution in [2.45, 2.75) is 32.9 Å². The van der Waals surface area contributed by atoms with Crippen LogP contribution < -0.4 is 29.9 Å². The van der Waals surface area contributed by atoms with Crippen molar-refractivity contribution in [2.75, 3.05) is 41.5 Å². The van der Waals surface area contributed by atoms with E-state index in [9.17, 15) is 4.79 Å². The van der Waals surface area contributed by atoms with Gasteiger partial charge >= 0.3 is 0 Å². The molecule has 0 aliphatic carbocycles. The Morgan fingerprint density at radius 2 is 1.45 bits per heavy atom. The summed E-state index contributed by atoms with van der Waals surface area (Å²) < 4.78 is 23.2. The van der Waals surface area contributed by atoms with Gasteiger partial charge in [0.2, 0.25) is 0 Å². The lowest BCUT2D eigenvalue weighted by Gasteiger charge is -2.24. The third-order valence-electron chi connectivity index (χ3n) is 6.87. The summed E-state index contributed by atoms with van der Waals surface area (Å²) in [4.78, 5) is 13.2. The van der Waals surface area contributed by atoms with Crippen molar-refractivity contribution in [2.24, 2.45) is 0 Å². The smallest absolute Gasteiger partial charge is 0.274 e. The van der Waals surface area contributed by atoms with Crippen LogP contribution in [0.3, 0.4) is 0 Å². The second kappa shape index (κ2) is 13.8. The molecule has 4 aromatic rings. The van der Waals surface area contributed by atoms with Crippen LogP contribution in [0.15, 0.2) is 65.5 Å². The second-order valence-electron chi connectivity index (χ2n) is 9.47. The number of hydrogen-bond donors (Lipinski definition) is 1. The molecule has 4 rings (SSSR count). The van der Waals surface area contributed by atoms with Gasteiger partial charge in [-0.3, -0.25) is 10.2 Å². The van der Waals surface area contributed by atoms with E-state index in [0.29, 0.717) is 30.0 Å². The van der Waals surface area contributed by atoms with Gasteiger partial charge in [-0.05, 0) is 55.2 Å². The molecule has 9 nitrogen and oxygen atoms in total. The molecule has 0 bridgehead atoms. The van der Waals surface area contributed by atoms with E-state index in [-0.39, 0.29) is 5.56 Å². The van der Waals surface area contributed by atoms with Crippen LogP contribution in [0.25, 0.3) is 10.8 Å². The lowest BCUT2D eigenvalue weighted by Crippen LogP contribution is -2.40. The summed E-state index contributed by atoms with van der Waals surface area (Å²) >= 11 is 0. The van der Waals surface area contributed by atoms with Crippen LogP contribution in [0, 0.1) is 6.92 Å². The van der Waals surface area contributed by atoms with E-state index in [1.54, 1.807) is 34.5 Å². The Hall–Kier alpha value is -4.08. The average Bonchev–Trinajstić information content (AvgIpc) is 2.99. The number of nitrogens with one attached hydrogen (secondary N) is 1. The number of hydrazine groups is 1. The standard InChI is InChI=1S/C31H38N4O5/c1-22-25-19-29(39-4)30(40-5)20-26(25)31(36)35(33-22)16-9-15-32-34(21-24-10-7-6-8-11-24)17-14-23-12-13-27(37-2)28(18-23)38-3/h6-8,10-13,18-20,32H,9,14-17,21H2,1-5H3. The highest BCUT2D eigenvalue weighted by atomic mass is 16.5. The van der Waals surface area contributed by atoms with Crippen molar-refractivity contribution >= 4 is 10.8 Å². The molecule has 1 heterocycles. The first-order valence-corrected chi connectivity index (χ1v) is 13.3. The summed E-state index contributed by atoms with van der Waals surface area (Å²) in [6.07, 6.45) is 1.56. The van der Waals surface area contributed by atoms with Crippen LogP contribution in [0.4, 0.5) is 0 Å². The Labute approximate surface area is 235 Å². The third-order valence-corrected chi connectivity index (χ3v) is 6.87. The first-order valence-electron chi connectivity index (χ1n) is 13.3. The Balaban J connectivity index is 1.43. The van der Waals surface area contributed by atoms with Crippen molar-refractivity contribution in [3.63, 3.8) is 0 Å². The van der Waals surface area contributed by atoms with E-state index >= 15 is 0 Å². The largest absolute Gasteiger partial charge is 0.493 e. The molecule has 0 saturated carbocycles. The minimum Gasteiger partial charge on any atom is -0.493 e. The molecule has 0 spiro atoms. The normalized spacial score (nSPS) is 11.2. The van der Waals surface area contributed by atoms with E-state index in [0.717, 1.165) is 54.1 Å². The zero-order valence-corrected chi connectivity index (χ0v) is 23.9. The highest BCUT2D eigenvalue weighted by molar-refractivity contribution is 5.87. The Bertz CT molecular complexity index is 1470. The molecule has 40 heavy (non-hydrogen) atoms. The minimum absolute atomic E-state index is 0.142. The molecule has 1 aromatic heterocycles. The van der Waals surface area contributed by atoms with Crippen molar-refractivity contribution in [3.8, 4) is 23.0 Å². The van der Waals surface area contributed by atoms with E-state index < -0.39 is 0 Å². The van der Waals surface area contributed by atoms with Crippen molar-refractivity contribution in [3.05, 3.63) is 87.8 Å². The highest BCUT2D eigenvalue weighted by Gasteiger charge is 2.14. The van der Waals surface area contributed by atoms with Gasteiger partial charge in [0, 0.05) is 31.6 Å². The lowest BCUT2D eigenvalue weighted by molar-refractivity contribution is 0.177. The predicted molar refractivity (Wildman–Crippen MR) is 157 cm³/mol. The van der Waals surface area contributed by atoms with Gasteiger partial charge in [0.25, 0.3) is 5.56 Å². The number of ether oxygens (including phenoxy) is 4. The van der Waals surface area contributed by atoms with E-state index in [2.05, 4.69) is 33.7 Å². The first-order chi connectivity index (χ1) is 19.5. The molecule has 0 fully saturated rings. The summed E-state index contributed by atoms with van der Waals surface area (Å²) in [7, 11) is 6.43. The first kappa shape index (κ1) is 28.9. The molecule has 0 amide bonds. The molecule has 1 N–H and O–H groups in total. The van der Waals surface area contributed by atoms with Gasteiger partial charge in [-0.1, -0.05) is 36.4 Å². The lowest BCUT2D eigenvalue weighted by atomic mass is 10.1. The molecule has 0 atom stereocenters. The second-order valence-corrected chi connectivity index (χ2v) is 9.47. The molecule has 9 heteroatoms. The summed E-state index contributed by atoms with van der Waals surface area (Å²) in [5, 5.41) is 8.11. The summed E-state index contributed by atoms with van der Waals surface area (Å²) in [6.45, 7) is 4.63. The number of benzene rings is 3. The molecule has 0 unspecified atom stereocenters.